The summed E-state index contributed by atoms with van der Waals surface area (Å²) in [6, 6.07) is 12.6. The molecule has 0 bridgehead atoms. The highest BCUT2D eigenvalue weighted by molar-refractivity contribution is 5.98. The SMILES string of the molecule is O=C(O)C1CN(C(=O)c2cccc3c2OCCO3)Cc2ccccc21. The Bertz CT molecular complexity index is 847. The number of benzene rings is 2. The topological polar surface area (TPSA) is 76.1 Å². The van der Waals surface area contributed by atoms with Gasteiger partial charge < -0.3 is 19.5 Å². The summed E-state index contributed by atoms with van der Waals surface area (Å²) >= 11 is 0. The number of carboxylic acid groups (broad SMARTS) is 1. The fourth-order valence-corrected chi connectivity index (χ4v) is 3.39. The molecule has 1 atom stereocenters. The predicted octanol–water partition coefficient (Wildman–Crippen LogP) is 2.28. The molecule has 0 saturated carbocycles. The van der Waals surface area contributed by atoms with Crippen molar-refractivity contribution in [2.75, 3.05) is 19.8 Å². The van der Waals surface area contributed by atoms with E-state index in [0.29, 0.717) is 36.8 Å². The number of ether oxygens (including phenoxy) is 2. The number of aliphatic carboxylic acids is 1. The van der Waals surface area contributed by atoms with Crippen LogP contribution >= 0.6 is 0 Å². The summed E-state index contributed by atoms with van der Waals surface area (Å²) in [6.45, 7) is 1.35. The normalized spacial score (nSPS) is 18.4. The summed E-state index contributed by atoms with van der Waals surface area (Å²) in [7, 11) is 0. The molecule has 2 aromatic rings. The third-order valence-electron chi connectivity index (χ3n) is 4.58. The minimum Gasteiger partial charge on any atom is -0.486 e. The summed E-state index contributed by atoms with van der Waals surface area (Å²) in [5.41, 5.74) is 2.03. The fourth-order valence-electron chi connectivity index (χ4n) is 3.39. The molecule has 2 aliphatic heterocycles. The van der Waals surface area contributed by atoms with E-state index in [1.165, 1.54) is 0 Å². The van der Waals surface area contributed by atoms with Crippen LogP contribution in [0, 0.1) is 0 Å². The zero-order valence-electron chi connectivity index (χ0n) is 13.5. The molecular weight excluding hydrogens is 322 g/mol. The molecule has 0 aromatic heterocycles. The number of hydrogen-bond donors (Lipinski definition) is 1. The maximum atomic E-state index is 13.0. The van der Waals surface area contributed by atoms with Gasteiger partial charge in [-0.3, -0.25) is 9.59 Å². The molecule has 6 nitrogen and oxygen atoms in total. The van der Waals surface area contributed by atoms with Crippen molar-refractivity contribution in [1.82, 2.24) is 4.90 Å². The Kier molecular flexibility index (Phi) is 3.80. The molecule has 0 fully saturated rings. The van der Waals surface area contributed by atoms with Crippen molar-refractivity contribution in [1.29, 1.82) is 0 Å². The van der Waals surface area contributed by atoms with Crippen LogP contribution in [0.5, 0.6) is 11.5 Å². The Morgan fingerprint density at radius 1 is 1.04 bits per heavy atom. The average molecular weight is 339 g/mol. The number of amides is 1. The summed E-state index contributed by atoms with van der Waals surface area (Å²) < 4.78 is 11.1. The minimum atomic E-state index is -0.931. The summed E-state index contributed by atoms with van der Waals surface area (Å²) in [5.74, 6) is -0.929. The van der Waals surface area contributed by atoms with E-state index in [1.807, 2.05) is 24.3 Å². The van der Waals surface area contributed by atoms with Crippen LogP contribution in [-0.4, -0.2) is 41.6 Å². The maximum Gasteiger partial charge on any atom is 0.312 e. The quantitative estimate of drug-likeness (QED) is 0.908. The van der Waals surface area contributed by atoms with Crippen molar-refractivity contribution < 1.29 is 24.2 Å². The molecule has 128 valence electrons. The van der Waals surface area contributed by atoms with Crippen LogP contribution in [0.15, 0.2) is 42.5 Å². The van der Waals surface area contributed by atoms with Crippen LogP contribution < -0.4 is 9.47 Å². The van der Waals surface area contributed by atoms with Crippen LogP contribution in [-0.2, 0) is 11.3 Å². The van der Waals surface area contributed by atoms with E-state index in [2.05, 4.69) is 0 Å². The van der Waals surface area contributed by atoms with Gasteiger partial charge >= 0.3 is 5.97 Å². The molecule has 0 saturated heterocycles. The van der Waals surface area contributed by atoms with Gasteiger partial charge in [0.25, 0.3) is 5.91 Å². The van der Waals surface area contributed by atoms with Crippen LogP contribution in [0.3, 0.4) is 0 Å². The van der Waals surface area contributed by atoms with E-state index in [4.69, 9.17) is 9.47 Å². The Morgan fingerprint density at radius 2 is 1.84 bits per heavy atom. The lowest BCUT2D eigenvalue weighted by atomic mass is 9.89. The van der Waals surface area contributed by atoms with Crippen molar-refractivity contribution in [2.24, 2.45) is 0 Å². The molecule has 0 aliphatic carbocycles. The van der Waals surface area contributed by atoms with E-state index < -0.39 is 11.9 Å². The minimum absolute atomic E-state index is 0.135. The van der Waals surface area contributed by atoms with E-state index in [9.17, 15) is 14.7 Å². The highest BCUT2D eigenvalue weighted by Gasteiger charge is 2.34. The van der Waals surface area contributed by atoms with Crippen LogP contribution in [0.25, 0.3) is 0 Å². The third-order valence-corrected chi connectivity index (χ3v) is 4.58. The molecule has 1 unspecified atom stereocenters. The van der Waals surface area contributed by atoms with Gasteiger partial charge in [-0.1, -0.05) is 30.3 Å². The highest BCUT2D eigenvalue weighted by Crippen LogP contribution is 2.36. The summed E-state index contributed by atoms with van der Waals surface area (Å²) in [5, 5.41) is 9.56. The van der Waals surface area contributed by atoms with Crippen molar-refractivity contribution in [3.8, 4) is 11.5 Å². The molecule has 2 aromatic carbocycles. The van der Waals surface area contributed by atoms with Crippen molar-refractivity contribution in [2.45, 2.75) is 12.5 Å². The summed E-state index contributed by atoms with van der Waals surface area (Å²) in [6.07, 6.45) is 0. The van der Waals surface area contributed by atoms with Gasteiger partial charge in [-0.05, 0) is 23.3 Å². The van der Waals surface area contributed by atoms with E-state index in [1.54, 1.807) is 23.1 Å². The lowest BCUT2D eigenvalue weighted by Crippen LogP contribution is -2.40. The standard InChI is InChI=1S/C19H17NO5/c21-18(14-6-3-7-16-17(14)25-9-8-24-16)20-10-12-4-1-2-5-13(12)15(11-20)19(22)23/h1-7,15H,8-11H2,(H,22,23). The van der Waals surface area contributed by atoms with Crippen molar-refractivity contribution in [3.63, 3.8) is 0 Å². The second-order valence-corrected chi connectivity index (χ2v) is 6.11. The second-order valence-electron chi connectivity index (χ2n) is 6.11. The molecule has 1 N–H and O–H groups in total. The number of rotatable bonds is 2. The smallest absolute Gasteiger partial charge is 0.312 e. The van der Waals surface area contributed by atoms with Gasteiger partial charge in [0.05, 0.1) is 11.5 Å². The van der Waals surface area contributed by atoms with Gasteiger partial charge in [-0.2, -0.15) is 0 Å². The molecule has 6 heteroatoms. The summed E-state index contributed by atoms with van der Waals surface area (Å²) in [4.78, 5) is 26.3. The van der Waals surface area contributed by atoms with E-state index in [0.717, 1.165) is 11.1 Å². The number of para-hydroxylation sites is 1. The first-order valence-corrected chi connectivity index (χ1v) is 8.13. The van der Waals surface area contributed by atoms with Crippen molar-refractivity contribution in [3.05, 3.63) is 59.2 Å². The number of carbonyl (C=O) groups excluding carboxylic acids is 1. The number of carbonyl (C=O) groups is 2. The number of fused-ring (bicyclic) bond motifs is 2. The van der Waals surface area contributed by atoms with Gasteiger partial charge in [0.15, 0.2) is 11.5 Å². The third kappa shape index (κ3) is 2.69. The first-order valence-electron chi connectivity index (χ1n) is 8.13. The predicted molar refractivity (Wildman–Crippen MR) is 89.0 cm³/mol. The van der Waals surface area contributed by atoms with Gasteiger partial charge in [0.2, 0.25) is 0 Å². The lowest BCUT2D eigenvalue weighted by Gasteiger charge is -2.33. The first kappa shape index (κ1) is 15.5. The van der Waals surface area contributed by atoms with Crippen LogP contribution in [0.2, 0.25) is 0 Å². The van der Waals surface area contributed by atoms with Gasteiger partial charge in [0, 0.05) is 13.1 Å². The molecular formula is C19H17NO5. The number of nitrogens with zero attached hydrogens (tertiary/aromatic N) is 1. The maximum absolute atomic E-state index is 13.0. The largest absolute Gasteiger partial charge is 0.486 e. The number of hydrogen-bond acceptors (Lipinski definition) is 4. The Hall–Kier alpha value is -3.02. The molecule has 25 heavy (non-hydrogen) atoms. The Labute approximate surface area is 144 Å². The van der Waals surface area contributed by atoms with E-state index in [-0.39, 0.29) is 12.5 Å². The van der Waals surface area contributed by atoms with Gasteiger partial charge in [-0.15, -0.1) is 0 Å². The van der Waals surface area contributed by atoms with E-state index >= 15 is 0 Å². The van der Waals surface area contributed by atoms with Gasteiger partial charge in [0.1, 0.15) is 13.2 Å². The highest BCUT2D eigenvalue weighted by atomic mass is 16.6. The van der Waals surface area contributed by atoms with Crippen LogP contribution in [0.1, 0.15) is 27.4 Å². The molecule has 2 aliphatic rings. The molecule has 4 rings (SSSR count). The zero-order valence-corrected chi connectivity index (χ0v) is 13.5. The fraction of sp³-hybridized carbons (Fsp3) is 0.263. The first-order chi connectivity index (χ1) is 12.1. The van der Waals surface area contributed by atoms with Crippen molar-refractivity contribution >= 4 is 11.9 Å². The monoisotopic (exact) mass is 339 g/mol. The zero-order chi connectivity index (χ0) is 17.4. The average Bonchev–Trinajstić information content (AvgIpc) is 2.66. The lowest BCUT2D eigenvalue weighted by molar-refractivity contribution is -0.139. The van der Waals surface area contributed by atoms with Gasteiger partial charge in [-0.25, -0.2) is 0 Å². The Morgan fingerprint density at radius 3 is 2.68 bits per heavy atom. The molecule has 0 spiro atoms. The molecule has 1 amide bonds. The number of carboxylic acids is 1. The second kappa shape index (κ2) is 6.12. The molecule has 2 heterocycles. The Balaban J connectivity index is 1.69. The van der Waals surface area contributed by atoms with Crippen LogP contribution in [0.4, 0.5) is 0 Å². The molecule has 0 radical (unpaired) electrons.